The first-order valence-electron chi connectivity index (χ1n) is 13.1. The van der Waals surface area contributed by atoms with Crippen LogP contribution in [0.2, 0.25) is 0 Å². The molecule has 3 heteroatoms. The van der Waals surface area contributed by atoms with Crippen LogP contribution in [-0.4, -0.2) is 24.0 Å². The van der Waals surface area contributed by atoms with Crippen LogP contribution in [0, 0.1) is 0 Å². The van der Waals surface area contributed by atoms with Crippen molar-refractivity contribution in [3.63, 3.8) is 0 Å². The quantitative estimate of drug-likeness (QED) is 0.238. The van der Waals surface area contributed by atoms with Crippen molar-refractivity contribution in [3.8, 4) is 0 Å². The number of carbonyl (C=O) groups is 1. The van der Waals surface area contributed by atoms with Crippen LogP contribution in [0.4, 0.5) is 10.5 Å². The topological polar surface area (TPSA) is 32.3 Å². The second kappa shape index (κ2) is 13.3. The maximum absolute atomic E-state index is 13.4. The molecule has 0 bridgehead atoms. The molecule has 3 nitrogen and oxygen atoms in total. The largest absolute Gasteiger partial charge is 0.322 e. The molecule has 0 aromatic heterocycles. The molecule has 0 unspecified atom stereocenters. The Balaban J connectivity index is 1.52. The zero-order valence-electron chi connectivity index (χ0n) is 21.8. The Kier molecular flexibility index (Phi) is 9.31. The van der Waals surface area contributed by atoms with Gasteiger partial charge in [0, 0.05) is 24.7 Å². The summed E-state index contributed by atoms with van der Waals surface area (Å²) in [6.07, 6.45) is 4.97. The summed E-state index contributed by atoms with van der Waals surface area (Å²) in [5.74, 6) is 0.665. The summed E-state index contributed by atoms with van der Waals surface area (Å²) >= 11 is 0. The second-order valence-electron chi connectivity index (χ2n) is 9.63. The van der Waals surface area contributed by atoms with Gasteiger partial charge in [0.05, 0.1) is 0 Å². The molecule has 0 aliphatic rings. The molecule has 0 atom stereocenters. The molecule has 4 aromatic carbocycles. The van der Waals surface area contributed by atoms with E-state index in [9.17, 15) is 4.79 Å². The lowest BCUT2D eigenvalue weighted by molar-refractivity contribution is 0.216. The Morgan fingerprint density at radius 1 is 0.730 bits per heavy atom. The van der Waals surface area contributed by atoms with E-state index in [2.05, 4.69) is 104 Å². The number of nitrogens with zero attached hydrogens (tertiary/aromatic N) is 1. The van der Waals surface area contributed by atoms with Gasteiger partial charge in [-0.3, -0.25) is 0 Å². The molecule has 0 aliphatic heterocycles. The van der Waals surface area contributed by atoms with Crippen molar-refractivity contribution in [2.45, 2.75) is 32.1 Å². The number of hydrogen-bond donors (Lipinski definition) is 1. The average Bonchev–Trinajstić information content (AvgIpc) is 2.94. The van der Waals surface area contributed by atoms with Crippen LogP contribution in [0.25, 0.3) is 6.08 Å². The van der Waals surface area contributed by atoms with Gasteiger partial charge in [0.2, 0.25) is 0 Å². The minimum Gasteiger partial charge on any atom is -0.321 e. The van der Waals surface area contributed by atoms with E-state index in [0.717, 1.165) is 17.7 Å². The van der Waals surface area contributed by atoms with E-state index in [1.807, 2.05) is 47.4 Å². The summed E-state index contributed by atoms with van der Waals surface area (Å²) in [4.78, 5) is 15.3. The number of nitrogens with one attached hydrogen (secondary N) is 1. The van der Waals surface area contributed by atoms with E-state index < -0.39 is 0 Å². The molecule has 188 valence electrons. The van der Waals surface area contributed by atoms with Gasteiger partial charge in [-0.25, -0.2) is 4.79 Å². The van der Waals surface area contributed by atoms with Crippen LogP contribution in [0.15, 0.2) is 121 Å². The highest BCUT2D eigenvalue weighted by atomic mass is 16.2. The van der Waals surface area contributed by atoms with E-state index in [-0.39, 0.29) is 11.9 Å². The Labute approximate surface area is 221 Å². The van der Waals surface area contributed by atoms with Gasteiger partial charge in [0.25, 0.3) is 0 Å². The van der Waals surface area contributed by atoms with Gasteiger partial charge in [-0.2, -0.15) is 0 Å². The monoisotopic (exact) mass is 488 g/mol. The predicted octanol–water partition coefficient (Wildman–Crippen LogP) is 8.58. The highest BCUT2D eigenvalue weighted by molar-refractivity contribution is 5.89. The summed E-state index contributed by atoms with van der Waals surface area (Å²) in [7, 11) is 0. The summed E-state index contributed by atoms with van der Waals surface area (Å²) in [5.41, 5.74) is 5.72. The maximum Gasteiger partial charge on any atom is 0.322 e. The average molecular weight is 489 g/mol. The summed E-state index contributed by atoms with van der Waals surface area (Å²) in [6.45, 7) is 5.50. The molecule has 4 aromatic rings. The minimum absolute atomic E-state index is 0.0881. The third-order valence-corrected chi connectivity index (χ3v) is 6.64. The SMILES string of the molecule is CC(C)c1ccc(NC(=O)N(C/C=C\c2ccccc2)CCC(c2ccccc2)c2ccccc2)cc1. The van der Waals surface area contributed by atoms with Crippen molar-refractivity contribution in [1.82, 2.24) is 4.90 Å². The van der Waals surface area contributed by atoms with Crippen molar-refractivity contribution in [1.29, 1.82) is 0 Å². The number of benzene rings is 4. The Morgan fingerprint density at radius 3 is 1.81 bits per heavy atom. The van der Waals surface area contributed by atoms with Gasteiger partial charge in [0.1, 0.15) is 0 Å². The normalized spacial score (nSPS) is 11.2. The third-order valence-electron chi connectivity index (χ3n) is 6.64. The molecule has 4 rings (SSSR count). The molecular weight excluding hydrogens is 452 g/mol. The van der Waals surface area contributed by atoms with Gasteiger partial charge in [0.15, 0.2) is 0 Å². The van der Waals surface area contributed by atoms with E-state index in [4.69, 9.17) is 0 Å². The Hall–Kier alpha value is -4.11. The van der Waals surface area contributed by atoms with Crippen molar-refractivity contribution in [2.75, 3.05) is 18.4 Å². The Morgan fingerprint density at radius 2 is 1.27 bits per heavy atom. The molecule has 0 saturated carbocycles. The van der Waals surface area contributed by atoms with Crippen LogP contribution in [0.1, 0.15) is 54.4 Å². The lowest BCUT2D eigenvalue weighted by atomic mass is 9.88. The van der Waals surface area contributed by atoms with E-state index in [0.29, 0.717) is 19.0 Å². The number of carbonyl (C=O) groups excluding carboxylic acids is 1. The highest BCUT2D eigenvalue weighted by Gasteiger charge is 2.18. The van der Waals surface area contributed by atoms with Crippen molar-refractivity contribution < 1.29 is 4.79 Å². The first kappa shape index (κ1) is 26.0. The number of rotatable bonds is 10. The van der Waals surface area contributed by atoms with Gasteiger partial charge < -0.3 is 10.2 Å². The molecule has 0 aliphatic carbocycles. The van der Waals surface area contributed by atoms with Crippen LogP contribution in [0.3, 0.4) is 0 Å². The second-order valence-corrected chi connectivity index (χ2v) is 9.63. The van der Waals surface area contributed by atoms with Crippen LogP contribution in [-0.2, 0) is 0 Å². The molecular formula is C34H36N2O. The van der Waals surface area contributed by atoms with Gasteiger partial charge in [-0.15, -0.1) is 0 Å². The van der Waals surface area contributed by atoms with Gasteiger partial charge >= 0.3 is 6.03 Å². The minimum atomic E-state index is -0.0881. The molecule has 0 saturated heterocycles. The molecule has 0 fully saturated rings. The van der Waals surface area contributed by atoms with Gasteiger partial charge in [-0.1, -0.05) is 129 Å². The van der Waals surface area contributed by atoms with Gasteiger partial charge in [-0.05, 0) is 46.7 Å². The smallest absolute Gasteiger partial charge is 0.321 e. The molecule has 0 radical (unpaired) electrons. The fourth-order valence-corrected chi connectivity index (χ4v) is 4.49. The number of amides is 2. The first-order valence-corrected chi connectivity index (χ1v) is 13.1. The standard InChI is InChI=1S/C34H36N2O/c1-27(2)29-20-22-32(23-21-29)35-34(37)36(25-12-15-28-13-6-3-7-14-28)26-24-33(30-16-8-4-9-17-30)31-18-10-5-11-19-31/h3-23,27,33H,24-26H2,1-2H3,(H,35,37)/b15-12-. The predicted molar refractivity (Wildman–Crippen MR) is 156 cm³/mol. The van der Waals surface area contributed by atoms with Crippen LogP contribution < -0.4 is 5.32 Å². The molecule has 0 spiro atoms. The van der Waals surface area contributed by atoms with Crippen molar-refractivity contribution >= 4 is 17.8 Å². The summed E-state index contributed by atoms with van der Waals surface area (Å²) < 4.78 is 0. The van der Waals surface area contributed by atoms with E-state index in [1.165, 1.54) is 16.7 Å². The lowest BCUT2D eigenvalue weighted by Crippen LogP contribution is -2.36. The molecule has 1 N–H and O–H groups in total. The molecule has 0 heterocycles. The molecule has 37 heavy (non-hydrogen) atoms. The number of hydrogen-bond acceptors (Lipinski definition) is 1. The summed E-state index contributed by atoms with van der Waals surface area (Å²) in [5, 5.41) is 3.11. The van der Waals surface area contributed by atoms with Crippen molar-refractivity contribution in [2.24, 2.45) is 0 Å². The lowest BCUT2D eigenvalue weighted by Gasteiger charge is -2.25. The Bertz CT molecular complexity index is 1210. The maximum atomic E-state index is 13.4. The van der Waals surface area contributed by atoms with Crippen molar-refractivity contribution in [3.05, 3.63) is 144 Å². The fraction of sp³-hybridized carbons (Fsp3) is 0.206. The fourth-order valence-electron chi connectivity index (χ4n) is 4.49. The zero-order valence-corrected chi connectivity index (χ0v) is 21.8. The zero-order chi connectivity index (χ0) is 25.9. The van der Waals surface area contributed by atoms with Crippen LogP contribution >= 0.6 is 0 Å². The highest BCUT2D eigenvalue weighted by Crippen LogP contribution is 2.28. The number of urea groups is 1. The van der Waals surface area contributed by atoms with E-state index in [1.54, 1.807) is 0 Å². The third kappa shape index (κ3) is 7.68. The number of anilines is 1. The summed E-state index contributed by atoms with van der Waals surface area (Å²) in [6, 6.07) is 39.4. The van der Waals surface area contributed by atoms with Crippen LogP contribution in [0.5, 0.6) is 0 Å². The molecule has 2 amide bonds. The first-order chi connectivity index (χ1) is 18.1. The van der Waals surface area contributed by atoms with E-state index >= 15 is 0 Å².